The lowest BCUT2D eigenvalue weighted by atomic mass is 10.2. The Labute approximate surface area is 128 Å². The fourth-order valence-electron chi connectivity index (χ4n) is 1.67. The molecule has 0 saturated heterocycles. The Hall–Kier alpha value is -2.76. The Morgan fingerprint density at radius 1 is 1.14 bits per heavy atom. The molecule has 0 fully saturated rings. The summed E-state index contributed by atoms with van der Waals surface area (Å²) in [6.07, 6.45) is 3.72. The fraction of sp³-hybridized carbons (Fsp3) is 0.250. The number of rotatable bonds is 5. The minimum absolute atomic E-state index is 0.233. The predicted molar refractivity (Wildman–Crippen MR) is 81.7 cm³/mol. The Kier molecular flexibility index (Phi) is 5.19. The van der Waals surface area contributed by atoms with Crippen LogP contribution in [0.4, 0.5) is 5.69 Å². The van der Waals surface area contributed by atoms with Gasteiger partial charge >= 0.3 is 5.97 Å². The van der Waals surface area contributed by atoms with Gasteiger partial charge in [0, 0.05) is 11.9 Å². The molecule has 1 aromatic heterocycles. The number of hydrogen-bond donors (Lipinski definition) is 1. The molecule has 0 spiro atoms. The van der Waals surface area contributed by atoms with Crippen LogP contribution in [-0.4, -0.2) is 28.5 Å². The van der Waals surface area contributed by atoms with E-state index in [2.05, 4.69) is 15.3 Å². The first-order chi connectivity index (χ1) is 10.6. The van der Waals surface area contributed by atoms with Gasteiger partial charge in [0.2, 0.25) is 0 Å². The van der Waals surface area contributed by atoms with Crippen LogP contribution in [0.1, 0.15) is 39.9 Å². The van der Waals surface area contributed by atoms with E-state index in [0.29, 0.717) is 17.9 Å². The number of nitrogens with zero attached hydrogens (tertiary/aromatic N) is 2. The molecule has 1 amide bonds. The van der Waals surface area contributed by atoms with Crippen molar-refractivity contribution in [2.45, 2.75) is 20.3 Å². The third-order valence-corrected chi connectivity index (χ3v) is 2.83. The molecule has 1 aromatic carbocycles. The van der Waals surface area contributed by atoms with Crippen molar-refractivity contribution in [3.63, 3.8) is 0 Å². The van der Waals surface area contributed by atoms with Gasteiger partial charge in [-0.25, -0.2) is 9.78 Å². The number of carbonyl (C=O) groups is 2. The summed E-state index contributed by atoms with van der Waals surface area (Å²) in [6.45, 7) is 4.12. The van der Waals surface area contributed by atoms with Crippen molar-refractivity contribution >= 4 is 17.6 Å². The number of ether oxygens (including phenoxy) is 1. The van der Waals surface area contributed by atoms with Gasteiger partial charge in [-0.3, -0.25) is 9.78 Å². The Balaban J connectivity index is 2.00. The van der Waals surface area contributed by atoms with Crippen molar-refractivity contribution in [2.24, 2.45) is 0 Å². The number of aromatic nitrogens is 2. The lowest BCUT2D eigenvalue weighted by Gasteiger charge is -2.06. The number of anilines is 1. The van der Waals surface area contributed by atoms with Gasteiger partial charge < -0.3 is 10.1 Å². The van der Waals surface area contributed by atoms with Crippen molar-refractivity contribution in [1.29, 1.82) is 0 Å². The molecule has 6 nitrogen and oxygen atoms in total. The van der Waals surface area contributed by atoms with E-state index in [9.17, 15) is 9.59 Å². The average Bonchev–Trinajstić information content (AvgIpc) is 2.54. The van der Waals surface area contributed by atoms with E-state index in [0.717, 1.165) is 12.1 Å². The fourth-order valence-corrected chi connectivity index (χ4v) is 1.67. The molecule has 2 aromatic rings. The SMILES string of the molecule is CCCOC(=O)c1ccc(NC(=O)c2cnc(C)cn2)cc1. The van der Waals surface area contributed by atoms with E-state index in [-0.39, 0.29) is 17.6 Å². The van der Waals surface area contributed by atoms with E-state index in [4.69, 9.17) is 4.74 Å². The largest absolute Gasteiger partial charge is 0.462 e. The second-order valence-corrected chi connectivity index (χ2v) is 4.71. The van der Waals surface area contributed by atoms with Gasteiger partial charge in [-0.15, -0.1) is 0 Å². The maximum Gasteiger partial charge on any atom is 0.338 e. The van der Waals surface area contributed by atoms with Crippen LogP contribution in [0.5, 0.6) is 0 Å². The summed E-state index contributed by atoms with van der Waals surface area (Å²) in [5, 5.41) is 2.69. The second kappa shape index (κ2) is 7.31. The van der Waals surface area contributed by atoms with Crippen molar-refractivity contribution < 1.29 is 14.3 Å². The smallest absolute Gasteiger partial charge is 0.338 e. The second-order valence-electron chi connectivity index (χ2n) is 4.71. The van der Waals surface area contributed by atoms with Gasteiger partial charge in [0.25, 0.3) is 5.91 Å². The van der Waals surface area contributed by atoms with E-state index in [1.807, 2.05) is 6.92 Å². The summed E-state index contributed by atoms with van der Waals surface area (Å²) in [7, 11) is 0. The molecule has 1 N–H and O–H groups in total. The summed E-state index contributed by atoms with van der Waals surface area (Å²) in [4.78, 5) is 31.7. The van der Waals surface area contributed by atoms with Crippen LogP contribution in [0.15, 0.2) is 36.7 Å². The van der Waals surface area contributed by atoms with Gasteiger partial charge in [0.05, 0.1) is 24.1 Å². The Bertz CT molecular complexity index is 651. The van der Waals surface area contributed by atoms with Crippen molar-refractivity contribution in [1.82, 2.24) is 9.97 Å². The summed E-state index contributed by atoms with van der Waals surface area (Å²) in [5.74, 6) is -0.724. The summed E-state index contributed by atoms with van der Waals surface area (Å²) < 4.78 is 5.03. The highest BCUT2D eigenvalue weighted by atomic mass is 16.5. The Morgan fingerprint density at radius 2 is 1.86 bits per heavy atom. The maximum absolute atomic E-state index is 12.0. The van der Waals surface area contributed by atoms with Crippen LogP contribution in [0, 0.1) is 6.92 Å². The quantitative estimate of drug-likeness (QED) is 0.858. The normalized spacial score (nSPS) is 10.1. The molecule has 1 heterocycles. The zero-order valence-electron chi connectivity index (χ0n) is 12.5. The highest BCUT2D eigenvalue weighted by Gasteiger charge is 2.10. The minimum Gasteiger partial charge on any atom is -0.462 e. The van der Waals surface area contributed by atoms with Crippen LogP contribution in [0.2, 0.25) is 0 Å². The molecule has 0 unspecified atom stereocenters. The highest BCUT2D eigenvalue weighted by Crippen LogP contribution is 2.12. The van der Waals surface area contributed by atoms with Crippen LogP contribution in [0.3, 0.4) is 0 Å². The molecule has 6 heteroatoms. The third kappa shape index (κ3) is 4.12. The molecule has 114 valence electrons. The van der Waals surface area contributed by atoms with Crippen LogP contribution in [0.25, 0.3) is 0 Å². The zero-order chi connectivity index (χ0) is 15.9. The maximum atomic E-state index is 12.0. The molecule has 22 heavy (non-hydrogen) atoms. The zero-order valence-corrected chi connectivity index (χ0v) is 12.5. The average molecular weight is 299 g/mol. The first-order valence-electron chi connectivity index (χ1n) is 6.97. The van der Waals surface area contributed by atoms with E-state index in [1.165, 1.54) is 12.4 Å². The van der Waals surface area contributed by atoms with Gasteiger partial charge in [0.15, 0.2) is 0 Å². The molecular formula is C16H17N3O3. The van der Waals surface area contributed by atoms with E-state index >= 15 is 0 Å². The molecule has 0 aliphatic rings. The summed E-state index contributed by atoms with van der Waals surface area (Å²) >= 11 is 0. The third-order valence-electron chi connectivity index (χ3n) is 2.83. The van der Waals surface area contributed by atoms with Crippen molar-refractivity contribution in [2.75, 3.05) is 11.9 Å². The molecule has 0 bridgehead atoms. The van der Waals surface area contributed by atoms with Gasteiger partial charge in [-0.05, 0) is 37.6 Å². The number of hydrogen-bond acceptors (Lipinski definition) is 5. The predicted octanol–water partition coefficient (Wildman–Crippen LogP) is 2.60. The van der Waals surface area contributed by atoms with Gasteiger partial charge in [-0.2, -0.15) is 0 Å². The first-order valence-corrected chi connectivity index (χ1v) is 6.97. The topological polar surface area (TPSA) is 81.2 Å². The first kappa shape index (κ1) is 15.6. The number of carbonyl (C=O) groups excluding carboxylic acids is 2. The lowest BCUT2D eigenvalue weighted by molar-refractivity contribution is 0.0505. The summed E-state index contributed by atoms with van der Waals surface area (Å²) in [5.41, 5.74) is 1.99. The lowest BCUT2D eigenvalue weighted by Crippen LogP contribution is -2.14. The highest BCUT2D eigenvalue weighted by molar-refractivity contribution is 6.02. The minimum atomic E-state index is -0.371. The molecule has 2 rings (SSSR count). The van der Waals surface area contributed by atoms with Crippen LogP contribution >= 0.6 is 0 Å². The number of nitrogens with one attached hydrogen (secondary N) is 1. The van der Waals surface area contributed by atoms with Crippen LogP contribution in [-0.2, 0) is 4.74 Å². The van der Waals surface area contributed by atoms with Gasteiger partial charge in [-0.1, -0.05) is 6.92 Å². The molecule has 0 atom stereocenters. The number of aryl methyl sites for hydroxylation is 1. The van der Waals surface area contributed by atoms with Gasteiger partial charge in [0.1, 0.15) is 5.69 Å². The monoisotopic (exact) mass is 299 g/mol. The molecule has 0 radical (unpaired) electrons. The number of amides is 1. The Morgan fingerprint density at radius 3 is 2.45 bits per heavy atom. The molecule has 0 aliphatic heterocycles. The number of esters is 1. The summed E-state index contributed by atoms with van der Waals surface area (Å²) in [6, 6.07) is 6.49. The molecule has 0 aliphatic carbocycles. The van der Waals surface area contributed by atoms with Crippen molar-refractivity contribution in [3.05, 3.63) is 53.6 Å². The molecular weight excluding hydrogens is 282 g/mol. The van der Waals surface area contributed by atoms with Crippen molar-refractivity contribution in [3.8, 4) is 0 Å². The standard InChI is InChI=1S/C16H17N3O3/c1-3-8-22-16(21)12-4-6-13(7-5-12)19-15(20)14-10-17-11(2)9-18-14/h4-7,9-10H,3,8H2,1-2H3,(H,19,20). The van der Waals surface area contributed by atoms with Crippen LogP contribution < -0.4 is 5.32 Å². The number of benzene rings is 1. The van der Waals surface area contributed by atoms with E-state index < -0.39 is 0 Å². The molecule has 0 saturated carbocycles. The van der Waals surface area contributed by atoms with E-state index in [1.54, 1.807) is 31.2 Å².